The standard InChI is InChI=1S/C11H10N/c1-8(2)10-7-12-11-6-4-3-5-9(10)11/h3-7,12H,1-2H2. The van der Waals surface area contributed by atoms with Gasteiger partial charge in [0.2, 0.25) is 0 Å². The lowest BCUT2D eigenvalue weighted by Gasteiger charge is -1.94. The van der Waals surface area contributed by atoms with Gasteiger partial charge in [-0.2, -0.15) is 0 Å². The Morgan fingerprint density at radius 2 is 2.00 bits per heavy atom. The molecule has 1 aromatic carbocycles. The number of H-pyrrole nitrogens is 1. The second kappa shape index (κ2) is 2.52. The van der Waals surface area contributed by atoms with Crippen LogP contribution in [0.5, 0.6) is 0 Å². The summed E-state index contributed by atoms with van der Waals surface area (Å²) in [6.45, 7) is 7.63. The summed E-state index contributed by atoms with van der Waals surface area (Å²) >= 11 is 0. The zero-order chi connectivity index (χ0) is 8.55. The van der Waals surface area contributed by atoms with E-state index in [9.17, 15) is 0 Å². The highest BCUT2D eigenvalue weighted by Gasteiger charge is 2.01. The lowest BCUT2D eigenvalue weighted by molar-refractivity contribution is 1.47. The first-order valence-corrected chi connectivity index (χ1v) is 3.86. The van der Waals surface area contributed by atoms with Crippen LogP contribution in [0.3, 0.4) is 0 Å². The molecule has 0 saturated heterocycles. The van der Waals surface area contributed by atoms with E-state index in [1.807, 2.05) is 24.4 Å². The molecule has 2 rings (SSSR count). The first kappa shape index (κ1) is 7.17. The maximum Gasteiger partial charge on any atom is 0.0460 e. The van der Waals surface area contributed by atoms with Crippen LogP contribution in [-0.2, 0) is 0 Å². The lowest BCUT2D eigenvalue weighted by Crippen LogP contribution is -1.72. The first-order valence-electron chi connectivity index (χ1n) is 3.86. The summed E-state index contributed by atoms with van der Waals surface area (Å²) in [6, 6.07) is 8.14. The number of allylic oxidation sites excluding steroid dienone is 1. The van der Waals surface area contributed by atoms with Crippen LogP contribution in [0.25, 0.3) is 16.5 Å². The Morgan fingerprint density at radius 3 is 2.75 bits per heavy atom. The third kappa shape index (κ3) is 0.944. The summed E-state index contributed by atoms with van der Waals surface area (Å²) in [6.07, 6.45) is 1.94. The molecular weight excluding hydrogens is 146 g/mol. The Morgan fingerprint density at radius 1 is 1.25 bits per heavy atom. The van der Waals surface area contributed by atoms with Crippen molar-refractivity contribution in [3.63, 3.8) is 0 Å². The second-order valence-corrected chi connectivity index (χ2v) is 2.85. The Labute approximate surface area is 71.7 Å². The monoisotopic (exact) mass is 156 g/mol. The molecule has 0 bridgehead atoms. The van der Waals surface area contributed by atoms with Crippen molar-refractivity contribution in [1.29, 1.82) is 0 Å². The Hall–Kier alpha value is -1.50. The number of rotatable bonds is 1. The van der Waals surface area contributed by atoms with Crippen LogP contribution in [0.1, 0.15) is 5.56 Å². The summed E-state index contributed by atoms with van der Waals surface area (Å²) < 4.78 is 0. The van der Waals surface area contributed by atoms with E-state index in [2.05, 4.69) is 24.6 Å². The molecule has 59 valence electrons. The fourth-order valence-electron chi connectivity index (χ4n) is 1.36. The van der Waals surface area contributed by atoms with E-state index in [4.69, 9.17) is 0 Å². The van der Waals surface area contributed by atoms with Crippen LogP contribution in [0.15, 0.2) is 37.0 Å². The molecule has 1 heterocycles. The zero-order valence-electron chi connectivity index (χ0n) is 6.80. The van der Waals surface area contributed by atoms with Gasteiger partial charge < -0.3 is 4.98 Å². The van der Waals surface area contributed by atoms with Gasteiger partial charge in [0.1, 0.15) is 0 Å². The van der Waals surface area contributed by atoms with E-state index in [1.54, 1.807) is 0 Å². The van der Waals surface area contributed by atoms with Gasteiger partial charge in [0, 0.05) is 22.7 Å². The van der Waals surface area contributed by atoms with Crippen molar-refractivity contribution in [2.45, 2.75) is 0 Å². The Bertz CT molecular complexity index is 423. The molecular formula is C11H10N. The van der Waals surface area contributed by atoms with Gasteiger partial charge in [-0.15, -0.1) is 0 Å². The highest BCUT2D eigenvalue weighted by atomic mass is 14.7. The van der Waals surface area contributed by atoms with E-state index in [-0.39, 0.29) is 0 Å². The number of para-hydroxylation sites is 1. The summed E-state index contributed by atoms with van der Waals surface area (Å²) in [5.74, 6) is 0. The van der Waals surface area contributed by atoms with Crippen molar-refractivity contribution >= 4 is 16.5 Å². The van der Waals surface area contributed by atoms with Crippen LogP contribution in [0.4, 0.5) is 0 Å². The normalized spacial score (nSPS) is 10.4. The number of aromatic amines is 1. The van der Waals surface area contributed by atoms with Crippen molar-refractivity contribution in [2.24, 2.45) is 0 Å². The molecule has 0 amide bonds. The Kier molecular flexibility index (Phi) is 1.51. The van der Waals surface area contributed by atoms with Gasteiger partial charge in [0.05, 0.1) is 0 Å². The van der Waals surface area contributed by atoms with E-state index >= 15 is 0 Å². The maximum atomic E-state index is 3.82. The number of hydrogen-bond acceptors (Lipinski definition) is 0. The molecule has 0 atom stereocenters. The van der Waals surface area contributed by atoms with Gasteiger partial charge in [-0.05, 0) is 18.6 Å². The number of benzene rings is 1. The molecule has 0 saturated carbocycles. The average molecular weight is 156 g/mol. The van der Waals surface area contributed by atoms with E-state index in [0.29, 0.717) is 0 Å². The van der Waals surface area contributed by atoms with Crippen molar-refractivity contribution in [2.75, 3.05) is 0 Å². The van der Waals surface area contributed by atoms with Crippen molar-refractivity contribution in [1.82, 2.24) is 4.98 Å². The molecule has 2 aromatic rings. The molecule has 1 N–H and O–H groups in total. The summed E-state index contributed by atoms with van der Waals surface area (Å²) in [5.41, 5.74) is 3.09. The fourth-order valence-corrected chi connectivity index (χ4v) is 1.36. The van der Waals surface area contributed by atoms with Crippen LogP contribution in [0.2, 0.25) is 0 Å². The molecule has 1 heteroatoms. The van der Waals surface area contributed by atoms with Gasteiger partial charge in [-0.1, -0.05) is 24.8 Å². The quantitative estimate of drug-likeness (QED) is 0.653. The number of hydrogen-bond donors (Lipinski definition) is 1. The van der Waals surface area contributed by atoms with Gasteiger partial charge in [0.15, 0.2) is 0 Å². The highest BCUT2D eigenvalue weighted by molar-refractivity contribution is 5.92. The number of fused-ring (bicyclic) bond motifs is 1. The third-order valence-electron chi connectivity index (χ3n) is 1.97. The minimum absolute atomic E-state index is 0.854. The summed E-state index contributed by atoms with van der Waals surface area (Å²) in [5, 5.41) is 1.19. The predicted molar refractivity (Wildman–Crippen MR) is 52.7 cm³/mol. The van der Waals surface area contributed by atoms with Crippen LogP contribution in [-0.4, -0.2) is 4.98 Å². The van der Waals surface area contributed by atoms with Crippen molar-refractivity contribution < 1.29 is 0 Å². The average Bonchev–Trinajstić information content (AvgIpc) is 2.47. The number of aromatic nitrogens is 1. The fraction of sp³-hybridized carbons (Fsp3) is 0. The van der Waals surface area contributed by atoms with Crippen LogP contribution >= 0.6 is 0 Å². The molecule has 0 aliphatic rings. The van der Waals surface area contributed by atoms with Crippen molar-refractivity contribution in [3.8, 4) is 0 Å². The third-order valence-corrected chi connectivity index (χ3v) is 1.97. The van der Waals surface area contributed by atoms with Crippen molar-refractivity contribution in [3.05, 3.63) is 49.5 Å². The predicted octanol–water partition coefficient (Wildman–Crippen LogP) is 3.02. The topological polar surface area (TPSA) is 15.8 Å². The molecule has 0 aliphatic carbocycles. The molecule has 12 heavy (non-hydrogen) atoms. The minimum atomic E-state index is 0.854. The summed E-state index contributed by atoms with van der Waals surface area (Å²) in [4.78, 5) is 3.17. The zero-order valence-corrected chi connectivity index (χ0v) is 6.80. The number of nitrogens with one attached hydrogen (secondary N) is 1. The first-order chi connectivity index (χ1) is 5.79. The van der Waals surface area contributed by atoms with E-state index in [0.717, 1.165) is 16.7 Å². The van der Waals surface area contributed by atoms with E-state index < -0.39 is 0 Å². The summed E-state index contributed by atoms with van der Waals surface area (Å²) in [7, 11) is 0. The largest absolute Gasteiger partial charge is 0.361 e. The van der Waals surface area contributed by atoms with Gasteiger partial charge >= 0.3 is 0 Å². The molecule has 1 aromatic heterocycles. The maximum absolute atomic E-state index is 3.82. The van der Waals surface area contributed by atoms with Crippen LogP contribution in [0, 0.1) is 6.92 Å². The Balaban J connectivity index is 2.79. The van der Waals surface area contributed by atoms with Crippen LogP contribution < -0.4 is 0 Å². The van der Waals surface area contributed by atoms with Gasteiger partial charge in [-0.3, -0.25) is 0 Å². The SMILES string of the molecule is [CH2]C(=C)c1c[nH]c2ccccc12. The molecule has 0 unspecified atom stereocenters. The molecule has 0 spiro atoms. The molecule has 0 fully saturated rings. The van der Waals surface area contributed by atoms with Gasteiger partial charge in [-0.25, -0.2) is 0 Å². The minimum Gasteiger partial charge on any atom is -0.361 e. The molecule has 0 aliphatic heterocycles. The second-order valence-electron chi connectivity index (χ2n) is 2.85. The lowest BCUT2D eigenvalue weighted by atomic mass is 10.1. The smallest absolute Gasteiger partial charge is 0.0460 e. The molecule has 1 radical (unpaired) electrons. The molecule has 1 nitrogen and oxygen atoms in total. The van der Waals surface area contributed by atoms with E-state index in [1.165, 1.54) is 5.39 Å². The van der Waals surface area contributed by atoms with Gasteiger partial charge in [0.25, 0.3) is 0 Å². The highest BCUT2D eigenvalue weighted by Crippen LogP contribution is 2.22.